The maximum atomic E-state index is 12.6. The molecule has 26 heavy (non-hydrogen) atoms. The molecule has 9 heteroatoms. The molecule has 0 bridgehead atoms. The van der Waals surface area contributed by atoms with Crippen LogP contribution in [0.15, 0.2) is 24.3 Å². The van der Waals surface area contributed by atoms with Gasteiger partial charge in [0.1, 0.15) is 11.8 Å². The van der Waals surface area contributed by atoms with Crippen molar-refractivity contribution in [3.63, 3.8) is 0 Å². The summed E-state index contributed by atoms with van der Waals surface area (Å²) in [7, 11) is 0. The molecule has 2 amide bonds. The van der Waals surface area contributed by atoms with Crippen molar-refractivity contribution in [2.24, 2.45) is 5.92 Å². The summed E-state index contributed by atoms with van der Waals surface area (Å²) < 4.78 is 41.0. The van der Waals surface area contributed by atoms with Crippen LogP contribution in [-0.2, 0) is 9.59 Å². The molecule has 2 saturated heterocycles. The van der Waals surface area contributed by atoms with Gasteiger partial charge in [0.25, 0.3) is 0 Å². The van der Waals surface area contributed by atoms with Gasteiger partial charge in [-0.1, -0.05) is 6.07 Å². The summed E-state index contributed by atoms with van der Waals surface area (Å²) in [4.78, 5) is 26.2. The lowest BCUT2D eigenvalue weighted by molar-refractivity contribution is -0.274. The molecule has 0 aliphatic carbocycles. The Hall–Kier alpha value is -2.29. The van der Waals surface area contributed by atoms with Crippen LogP contribution in [-0.4, -0.2) is 43.9 Å². The van der Waals surface area contributed by atoms with E-state index in [4.69, 9.17) is 0 Å². The van der Waals surface area contributed by atoms with Crippen LogP contribution < -0.4 is 20.3 Å². The number of amides is 2. The molecular weight excluding hydrogens is 351 g/mol. The van der Waals surface area contributed by atoms with Crippen LogP contribution in [0, 0.1) is 5.92 Å². The number of halogens is 3. The van der Waals surface area contributed by atoms with Crippen LogP contribution in [0.2, 0.25) is 0 Å². The van der Waals surface area contributed by atoms with Gasteiger partial charge < -0.3 is 20.3 Å². The molecule has 2 aliphatic heterocycles. The number of hydrogen-bond acceptors (Lipinski definition) is 4. The zero-order valence-electron chi connectivity index (χ0n) is 14.0. The van der Waals surface area contributed by atoms with E-state index < -0.39 is 12.4 Å². The van der Waals surface area contributed by atoms with Crippen molar-refractivity contribution >= 4 is 17.5 Å². The van der Waals surface area contributed by atoms with E-state index in [1.54, 1.807) is 0 Å². The Morgan fingerprint density at radius 3 is 2.81 bits per heavy atom. The van der Waals surface area contributed by atoms with Crippen molar-refractivity contribution in [2.45, 2.75) is 31.7 Å². The second-order valence-corrected chi connectivity index (χ2v) is 6.43. The number of anilines is 1. The van der Waals surface area contributed by atoms with E-state index in [1.165, 1.54) is 29.2 Å². The van der Waals surface area contributed by atoms with Crippen molar-refractivity contribution < 1.29 is 27.5 Å². The molecule has 3 rings (SSSR count). The van der Waals surface area contributed by atoms with E-state index in [0.717, 1.165) is 19.4 Å². The van der Waals surface area contributed by atoms with Gasteiger partial charge in [0, 0.05) is 24.8 Å². The first-order chi connectivity index (χ1) is 12.3. The molecule has 1 aromatic carbocycles. The Morgan fingerprint density at radius 1 is 1.31 bits per heavy atom. The third-order valence-electron chi connectivity index (χ3n) is 4.55. The Balaban J connectivity index is 1.63. The minimum atomic E-state index is -4.79. The number of benzene rings is 1. The van der Waals surface area contributed by atoms with E-state index in [2.05, 4.69) is 15.4 Å². The highest BCUT2D eigenvalue weighted by Crippen LogP contribution is 2.29. The lowest BCUT2D eigenvalue weighted by atomic mass is 9.98. The number of carbonyl (C=O) groups excluding carboxylic acids is 2. The molecule has 2 fully saturated rings. The standard InChI is InChI=1S/C17H20F3N3O3/c18-17(19,20)26-13-5-1-4-12(9-13)23-8-6-14(16(23)25)22-15(24)11-3-2-7-21-10-11/h1,4-5,9,11,14,21H,2-3,6-8,10H2,(H,22,24). The molecule has 2 aliphatic rings. The third-order valence-corrected chi connectivity index (χ3v) is 4.55. The van der Waals surface area contributed by atoms with Gasteiger partial charge in [-0.05, 0) is 37.9 Å². The lowest BCUT2D eigenvalue weighted by Crippen LogP contribution is -2.47. The van der Waals surface area contributed by atoms with Gasteiger partial charge in [-0.3, -0.25) is 9.59 Å². The number of ether oxygens (including phenoxy) is 1. The van der Waals surface area contributed by atoms with Crippen LogP contribution >= 0.6 is 0 Å². The zero-order valence-corrected chi connectivity index (χ0v) is 14.0. The van der Waals surface area contributed by atoms with Crippen LogP contribution in [0.3, 0.4) is 0 Å². The first kappa shape index (κ1) is 18.5. The molecule has 0 radical (unpaired) electrons. The molecule has 1 aromatic rings. The van der Waals surface area contributed by atoms with Crippen molar-refractivity contribution in [3.8, 4) is 5.75 Å². The van der Waals surface area contributed by atoms with E-state index in [-0.39, 0.29) is 23.5 Å². The normalized spacial score (nSPS) is 23.8. The van der Waals surface area contributed by atoms with Gasteiger partial charge >= 0.3 is 6.36 Å². The fourth-order valence-corrected chi connectivity index (χ4v) is 3.28. The molecule has 2 heterocycles. The number of carbonyl (C=O) groups is 2. The van der Waals surface area contributed by atoms with Crippen molar-refractivity contribution in [1.29, 1.82) is 0 Å². The Bertz CT molecular complexity index is 675. The summed E-state index contributed by atoms with van der Waals surface area (Å²) in [6.45, 7) is 1.80. The Labute approximate surface area is 148 Å². The third kappa shape index (κ3) is 4.46. The fraction of sp³-hybridized carbons (Fsp3) is 0.529. The Morgan fingerprint density at radius 2 is 2.12 bits per heavy atom. The molecule has 0 aromatic heterocycles. The summed E-state index contributed by atoms with van der Waals surface area (Å²) in [6, 6.07) is 4.62. The van der Waals surface area contributed by atoms with Gasteiger partial charge in [-0.15, -0.1) is 13.2 Å². The average molecular weight is 371 g/mol. The number of hydrogen-bond donors (Lipinski definition) is 2. The van der Waals surface area contributed by atoms with E-state index in [9.17, 15) is 22.8 Å². The van der Waals surface area contributed by atoms with Gasteiger partial charge in [0.05, 0.1) is 5.92 Å². The summed E-state index contributed by atoms with van der Waals surface area (Å²) >= 11 is 0. The number of nitrogens with zero attached hydrogens (tertiary/aromatic N) is 1. The highest BCUT2D eigenvalue weighted by Gasteiger charge is 2.36. The SMILES string of the molecule is O=C(NC1CCN(c2cccc(OC(F)(F)F)c2)C1=O)C1CCCNC1. The number of piperidine rings is 1. The second kappa shape index (κ2) is 7.53. The molecule has 0 saturated carbocycles. The van der Waals surface area contributed by atoms with Gasteiger partial charge in [-0.25, -0.2) is 0 Å². The van der Waals surface area contributed by atoms with Gasteiger partial charge in [0.2, 0.25) is 11.8 Å². The van der Waals surface area contributed by atoms with Crippen LogP contribution in [0.25, 0.3) is 0 Å². The predicted molar refractivity (Wildman–Crippen MR) is 87.6 cm³/mol. The van der Waals surface area contributed by atoms with Crippen LogP contribution in [0.1, 0.15) is 19.3 Å². The zero-order chi connectivity index (χ0) is 18.7. The highest BCUT2D eigenvalue weighted by atomic mass is 19.4. The smallest absolute Gasteiger partial charge is 0.406 e. The summed E-state index contributed by atoms with van der Waals surface area (Å²) in [6.07, 6.45) is -2.69. The summed E-state index contributed by atoms with van der Waals surface area (Å²) in [5.41, 5.74) is 0.313. The van der Waals surface area contributed by atoms with Gasteiger partial charge in [0.15, 0.2) is 0 Å². The van der Waals surface area contributed by atoms with Crippen LogP contribution in [0.4, 0.5) is 18.9 Å². The molecule has 2 atom stereocenters. The Kier molecular flexibility index (Phi) is 5.36. The number of rotatable bonds is 4. The minimum absolute atomic E-state index is 0.158. The first-order valence-electron chi connectivity index (χ1n) is 8.52. The van der Waals surface area contributed by atoms with E-state index in [1.807, 2.05) is 0 Å². The van der Waals surface area contributed by atoms with E-state index in [0.29, 0.717) is 25.2 Å². The first-order valence-corrected chi connectivity index (χ1v) is 8.52. The highest BCUT2D eigenvalue weighted by molar-refractivity contribution is 6.01. The van der Waals surface area contributed by atoms with Crippen molar-refractivity contribution in [3.05, 3.63) is 24.3 Å². The largest absolute Gasteiger partial charge is 0.573 e. The molecule has 6 nitrogen and oxygen atoms in total. The lowest BCUT2D eigenvalue weighted by Gasteiger charge is -2.23. The number of nitrogens with one attached hydrogen (secondary N) is 2. The molecule has 142 valence electrons. The minimum Gasteiger partial charge on any atom is -0.406 e. The second-order valence-electron chi connectivity index (χ2n) is 6.43. The molecule has 2 N–H and O–H groups in total. The van der Waals surface area contributed by atoms with Gasteiger partial charge in [-0.2, -0.15) is 0 Å². The van der Waals surface area contributed by atoms with E-state index >= 15 is 0 Å². The molecule has 2 unspecified atom stereocenters. The quantitative estimate of drug-likeness (QED) is 0.847. The van der Waals surface area contributed by atoms with Crippen molar-refractivity contribution in [2.75, 3.05) is 24.5 Å². The number of alkyl halides is 3. The summed E-state index contributed by atoms with van der Waals surface area (Å²) in [5, 5.41) is 5.92. The maximum absolute atomic E-state index is 12.6. The van der Waals surface area contributed by atoms with Crippen molar-refractivity contribution in [1.82, 2.24) is 10.6 Å². The topological polar surface area (TPSA) is 70.7 Å². The maximum Gasteiger partial charge on any atom is 0.573 e. The van der Waals surface area contributed by atoms with Crippen LogP contribution in [0.5, 0.6) is 5.75 Å². The summed E-state index contributed by atoms with van der Waals surface area (Å²) in [5.74, 6) is -1.03. The fourth-order valence-electron chi connectivity index (χ4n) is 3.28. The molecule has 0 spiro atoms. The average Bonchev–Trinajstić information content (AvgIpc) is 2.95. The molecular formula is C17H20F3N3O3. The predicted octanol–water partition coefficient (Wildman–Crippen LogP) is 1.81. The monoisotopic (exact) mass is 371 g/mol.